The normalized spacial score (nSPS) is 41.5. The van der Waals surface area contributed by atoms with Gasteiger partial charge in [-0.1, -0.05) is 0 Å². The Bertz CT molecular complexity index is 222. The van der Waals surface area contributed by atoms with Gasteiger partial charge in [0, 0.05) is 17.3 Å². The smallest absolute Gasteiger partial charge is 0.227 e. The van der Waals surface area contributed by atoms with Gasteiger partial charge in [-0.2, -0.15) is 0 Å². The van der Waals surface area contributed by atoms with E-state index in [1.54, 1.807) is 0 Å². The summed E-state index contributed by atoms with van der Waals surface area (Å²) in [5.41, 5.74) is 0. The lowest BCUT2D eigenvalue weighted by atomic mass is 10.00. The Morgan fingerprint density at radius 2 is 2.27 bits per heavy atom. The lowest BCUT2D eigenvalue weighted by molar-refractivity contribution is -0.500. The van der Waals surface area contributed by atoms with Gasteiger partial charge < -0.3 is 0 Å². The Morgan fingerprint density at radius 1 is 1.55 bits per heavy atom. The molecule has 3 atom stereocenters. The van der Waals surface area contributed by atoms with E-state index >= 15 is 0 Å². The van der Waals surface area contributed by atoms with Gasteiger partial charge in [0.05, 0.1) is 5.92 Å². The molecule has 0 aromatic heterocycles. The van der Waals surface area contributed by atoms with Gasteiger partial charge in [-0.25, -0.2) is 0 Å². The second kappa shape index (κ2) is 2.03. The highest BCUT2D eigenvalue weighted by atomic mass is 16.6. The fourth-order valence-electron chi connectivity index (χ4n) is 2.10. The van der Waals surface area contributed by atoms with Crippen LogP contribution in [0, 0.1) is 22.0 Å². The van der Waals surface area contributed by atoms with Gasteiger partial charge in [0.2, 0.25) is 6.04 Å². The van der Waals surface area contributed by atoms with Crippen molar-refractivity contribution >= 4 is 5.78 Å². The van der Waals surface area contributed by atoms with Crippen LogP contribution in [0.25, 0.3) is 0 Å². The molecule has 4 nitrogen and oxygen atoms in total. The van der Waals surface area contributed by atoms with Gasteiger partial charge in [-0.3, -0.25) is 14.9 Å². The minimum atomic E-state index is -0.523. The fourth-order valence-corrected chi connectivity index (χ4v) is 2.10. The highest BCUT2D eigenvalue weighted by molar-refractivity contribution is 5.85. The number of carbonyl (C=O) groups is 1. The van der Waals surface area contributed by atoms with E-state index in [0.717, 1.165) is 12.8 Å². The van der Waals surface area contributed by atoms with E-state index in [4.69, 9.17) is 0 Å². The molecule has 0 aromatic carbocycles. The van der Waals surface area contributed by atoms with E-state index in [0.29, 0.717) is 6.42 Å². The van der Waals surface area contributed by atoms with Crippen molar-refractivity contribution < 1.29 is 9.72 Å². The van der Waals surface area contributed by atoms with E-state index < -0.39 is 6.04 Å². The number of Topliss-reactive ketones (excluding diaryl/α,β-unsaturated/α-hetero) is 1. The van der Waals surface area contributed by atoms with Crippen molar-refractivity contribution in [2.75, 3.05) is 0 Å². The average molecular weight is 155 g/mol. The maximum atomic E-state index is 11.0. The minimum Gasteiger partial charge on any atom is -0.299 e. The third kappa shape index (κ3) is 0.852. The first kappa shape index (κ1) is 6.76. The van der Waals surface area contributed by atoms with Crippen LogP contribution < -0.4 is 0 Å². The Morgan fingerprint density at radius 3 is 2.82 bits per heavy atom. The van der Waals surface area contributed by atoms with Crippen LogP contribution in [0.1, 0.15) is 19.3 Å². The molecule has 0 unspecified atom stereocenters. The molecule has 0 spiro atoms. The van der Waals surface area contributed by atoms with Crippen molar-refractivity contribution in [3.63, 3.8) is 0 Å². The van der Waals surface area contributed by atoms with E-state index in [1.807, 2.05) is 0 Å². The van der Waals surface area contributed by atoms with Gasteiger partial charge in [0.25, 0.3) is 0 Å². The van der Waals surface area contributed by atoms with Crippen molar-refractivity contribution in [3.05, 3.63) is 10.1 Å². The lowest BCUT2D eigenvalue weighted by Crippen LogP contribution is -2.10. The number of fused-ring (bicyclic) bond motifs is 1. The minimum absolute atomic E-state index is 0.0891. The Labute approximate surface area is 63.7 Å². The number of hydrogen-bond acceptors (Lipinski definition) is 3. The van der Waals surface area contributed by atoms with E-state index in [-0.39, 0.29) is 22.5 Å². The van der Waals surface area contributed by atoms with Crippen LogP contribution in [0.2, 0.25) is 0 Å². The molecule has 0 aromatic rings. The molecule has 2 rings (SSSR count). The molecule has 2 fully saturated rings. The van der Waals surface area contributed by atoms with Crippen LogP contribution in [0.15, 0.2) is 0 Å². The first-order valence-corrected chi connectivity index (χ1v) is 3.88. The van der Waals surface area contributed by atoms with E-state index in [2.05, 4.69) is 0 Å². The molecule has 4 heteroatoms. The molecular weight excluding hydrogens is 146 g/mol. The van der Waals surface area contributed by atoms with Crippen molar-refractivity contribution in [2.24, 2.45) is 11.8 Å². The zero-order valence-electron chi connectivity index (χ0n) is 6.03. The van der Waals surface area contributed by atoms with Crippen LogP contribution in [0.3, 0.4) is 0 Å². The topological polar surface area (TPSA) is 60.2 Å². The molecule has 0 N–H and O–H groups in total. The van der Waals surface area contributed by atoms with E-state index in [1.165, 1.54) is 0 Å². The molecule has 0 heterocycles. The third-order valence-electron chi connectivity index (χ3n) is 2.70. The Kier molecular flexibility index (Phi) is 1.25. The monoisotopic (exact) mass is 155 g/mol. The third-order valence-corrected chi connectivity index (χ3v) is 2.70. The van der Waals surface area contributed by atoms with Crippen molar-refractivity contribution in [1.82, 2.24) is 0 Å². The summed E-state index contributed by atoms with van der Waals surface area (Å²) in [5.74, 6) is -0.00653. The van der Waals surface area contributed by atoms with Crippen LogP contribution >= 0.6 is 0 Å². The summed E-state index contributed by atoms with van der Waals surface area (Å²) in [5, 5.41) is 10.3. The van der Waals surface area contributed by atoms with Crippen molar-refractivity contribution in [2.45, 2.75) is 25.3 Å². The molecule has 11 heavy (non-hydrogen) atoms. The van der Waals surface area contributed by atoms with Gasteiger partial charge in [-0.15, -0.1) is 0 Å². The summed E-state index contributed by atoms with van der Waals surface area (Å²) >= 11 is 0. The van der Waals surface area contributed by atoms with Gasteiger partial charge in [0.15, 0.2) is 0 Å². The summed E-state index contributed by atoms with van der Waals surface area (Å²) in [4.78, 5) is 21.1. The molecule has 2 saturated carbocycles. The highest BCUT2D eigenvalue weighted by Crippen LogP contribution is 2.49. The van der Waals surface area contributed by atoms with Gasteiger partial charge in [-0.05, 0) is 12.8 Å². The summed E-state index contributed by atoms with van der Waals surface area (Å²) in [6.07, 6.45) is 2.29. The zero-order valence-corrected chi connectivity index (χ0v) is 6.03. The number of hydrogen-bond donors (Lipinski definition) is 0. The molecule has 0 radical (unpaired) electrons. The predicted octanol–water partition coefficient (Wildman–Crippen LogP) is 0.631. The van der Waals surface area contributed by atoms with Crippen molar-refractivity contribution in [1.29, 1.82) is 0 Å². The molecular formula is C7H9NO3. The van der Waals surface area contributed by atoms with E-state index in [9.17, 15) is 14.9 Å². The standard InChI is InChI=1S/C7H9NO3/c9-5-3-1-2-4-6(5)7(4)8(10)11/h4,6-7H,1-3H2/t4-,6-,7+/m0/s1. The fraction of sp³-hybridized carbons (Fsp3) is 0.857. The largest absolute Gasteiger partial charge is 0.299 e. The number of nitrogens with zero attached hydrogens (tertiary/aromatic N) is 1. The molecule has 60 valence electrons. The molecule has 0 amide bonds. The summed E-state index contributed by atoms with van der Waals surface area (Å²) in [6, 6.07) is -0.523. The quantitative estimate of drug-likeness (QED) is 0.412. The molecule has 2 aliphatic rings. The number of carbonyl (C=O) groups excluding carboxylic acids is 1. The van der Waals surface area contributed by atoms with Gasteiger partial charge in [0.1, 0.15) is 5.78 Å². The lowest BCUT2D eigenvalue weighted by Gasteiger charge is -2.02. The summed E-state index contributed by atoms with van der Waals surface area (Å²) in [6.45, 7) is 0. The SMILES string of the molecule is O=C1CCC[C@H]2[C@@H]1[C@@H]2[N+](=O)[O-]. The van der Waals surface area contributed by atoms with Crippen molar-refractivity contribution in [3.8, 4) is 0 Å². The first-order chi connectivity index (χ1) is 5.22. The number of rotatable bonds is 1. The molecule has 0 aliphatic heterocycles. The maximum absolute atomic E-state index is 11.0. The average Bonchev–Trinajstić information content (AvgIpc) is 2.62. The zero-order chi connectivity index (χ0) is 8.01. The maximum Gasteiger partial charge on any atom is 0.227 e. The van der Waals surface area contributed by atoms with Crippen LogP contribution in [-0.2, 0) is 4.79 Å². The molecule has 0 bridgehead atoms. The second-order valence-corrected chi connectivity index (χ2v) is 3.32. The summed E-state index contributed by atoms with van der Waals surface area (Å²) < 4.78 is 0. The molecule has 0 saturated heterocycles. The summed E-state index contributed by atoms with van der Waals surface area (Å²) in [7, 11) is 0. The first-order valence-electron chi connectivity index (χ1n) is 3.88. The van der Waals surface area contributed by atoms with Gasteiger partial charge >= 0.3 is 0 Å². The second-order valence-electron chi connectivity index (χ2n) is 3.32. The Balaban J connectivity index is 2.10. The Hall–Kier alpha value is -0.930. The highest BCUT2D eigenvalue weighted by Gasteiger charge is 2.64. The number of nitro groups is 1. The van der Waals surface area contributed by atoms with Crippen LogP contribution in [0.4, 0.5) is 0 Å². The predicted molar refractivity (Wildman–Crippen MR) is 36.6 cm³/mol. The number of ketones is 1. The van der Waals surface area contributed by atoms with Crippen LogP contribution in [0.5, 0.6) is 0 Å². The van der Waals surface area contributed by atoms with Crippen LogP contribution in [-0.4, -0.2) is 16.7 Å². The molecule has 2 aliphatic carbocycles.